The fraction of sp³-hybridized carbons (Fsp3) is 0.308. The molecule has 0 aliphatic heterocycles. The summed E-state index contributed by atoms with van der Waals surface area (Å²) in [4.78, 5) is 0.177. The number of sulfonamides is 1. The molecule has 0 saturated heterocycles. The van der Waals surface area contributed by atoms with E-state index in [9.17, 15) is 8.42 Å². The van der Waals surface area contributed by atoms with Gasteiger partial charge in [-0.3, -0.25) is 9.82 Å². The third-order valence-corrected chi connectivity index (χ3v) is 4.50. The summed E-state index contributed by atoms with van der Waals surface area (Å²) < 4.78 is 32.2. The van der Waals surface area contributed by atoms with Gasteiger partial charge in [0, 0.05) is 11.3 Å². The van der Waals surface area contributed by atoms with Gasteiger partial charge in [0.05, 0.1) is 12.0 Å². The van der Waals surface area contributed by atoms with Crippen LogP contribution in [0.15, 0.2) is 23.1 Å². The van der Waals surface area contributed by atoms with Gasteiger partial charge in [-0.25, -0.2) is 8.42 Å². The lowest BCUT2D eigenvalue weighted by molar-refractivity contribution is 0.411. The third kappa shape index (κ3) is 2.62. The van der Waals surface area contributed by atoms with Gasteiger partial charge in [0.25, 0.3) is 10.0 Å². The van der Waals surface area contributed by atoms with Gasteiger partial charge in [-0.15, -0.1) is 0 Å². The highest BCUT2D eigenvalue weighted by Gasteiger charge is 2.18. The van der Waals surface area contributed by atoms with Gasteiger partial charge in [-0.05, 0) is 44.5 Å². The van der Waals surface area contributed by atoms with Crippen LogP contribution in [0.2, 0.25) is 0 Å². The molecule has 1 heterocycles. The van der Waals surface area contributed by atoms with Gasteiger partial charge in [0.15, 0.2) is 5.82 Å². The van der Waals surface area contributed by atoms with Crippen LogP contribution in [-0.2, 0) is 10.0 Å². The molecular weight excluding hydrogens is 278 g/mol. The molecular formula is C13H17N3O3S. The van der Waals surface area contributed by atoms with Crippen molar-refractivity contribution < 1.29 is 13.2 Å². The summed E-state index contributed by atoms with van der Waals surface area (Å²) in [6.45, 7) is 5.43. The van der Waals surface area contributed by atoms with Gasteiger partial charge in [-0.1, -0.05) is 0 Å². The van der Waals surface area contributed by atoms with Crippen LogP contribution in [0.4, 0.5) is 5.82 Å². The minimum absolute atomic E-state index is 0.177. The van der Waals surface area contributed by atoms with Crippen LogP contribution in [0, 0.1) is 20.8 Å². The average Bonchev–Trinajstić information content (AvgIpc) is 2.70. The Kier molecular flexibility index (Phi) is 3.71. The Morgan fingerprint density at radius 2 is 1.95 bits per heavy atom. The predicted molar refractivity (Wildman–Crippen MR) is 76.6 cm³/mol. The van der Waals surface area contributed by atoms with Crippen molar-refractivity contribution in [3.05, 3.63) is 35.0 Å². The maximum atomic E-state index is 12.3. The van der Waals surface area contributed by atoms with E-state index in [1.807, 2.05) is 6.92 Å². The van der Waals surface area contributed by atoms with E-state index in [0.717, 1.165) is 16.8 Å². The zero-order valence-electron chi connectivity index (χ0n) is 11.8. The van der Waals surface area contributed by atoms with Crippen molar-refractivity contribution >= 4 is 15.8 Å². The molecule has 0 radical (unpaired) electrons. The van der Waals surface area contributed by atoms with Crippen molar-refractivity contribution in [2.45, 2.75) is 25.7 Å². The summed E-state index contributed by atoms with van der Waals surface area (Å²) in [5.74, 6) is 0.965. The van der Waals surface area contributed by atoms with E-state index in [1.165, 1.54) is 6.07 Å². The number of nitrogens with one attached hydrogen (secondary N) is 2. The molecule has 6 nitrogen and oxygen atoms in total. The second-order valence-corrected chi connectivity index (χ2v) is 6.24. The number of H-pyrrole nitrogens is 1. The number of aryl methyl sites for hydroxylation is 2. The van der Waals surface area contributed by atoms with E-state index in [-0.39, 0.29) is 4.90 Å². The zero-order chi connectivity index (χ0) is 14.9. The largest absolute Gasteiger partial charge is 0.496 e. The van der Waals surface area contributed by atoms with Crippen molar-refractivity contribution in [2.24, 2.45) is 0 Å². The molecule has 1 aromatic carbocycles. The SMILES string of the molecule is COc1ccc(S(=O)(=O)Nc2n[nH]c(C)c2C)cc1C. The molecule has 2 N–H and O–H groups in total. The average molecular weight is 295 g/mol. The van der Waals surface area contributed by atoms with E-state index in [1.54, 1.807) is 33.1 Å². The number of hydrogen-bond donors (Lipinski definition) is 2. The first-order valence-corrected chi connectivity index (χ1v) is 7.52. The molecule has 2 rings (SSSR count). The lowest BCUT2D eigenvalue weighted by Crippen LogP contribution is -2.14. The van der Waals surface area contributed by atoms with Crippen molar-refractivity contribution in [2.75, 3.05) is 11.8 Å². The Morgan fingerprint density at radius 1 is 1.25 bits per heavy atom. The van der Waals surface area contributed by atoms with E-state index in [4.69, 9.17) is 4.74 Å². The lowest BCUT2D eigenvalue weighted by Gasteiger charge is -2.09. The van der Waals surface area contributed by atoms with Crippen LogP contribution in [-0.4, -0.2) is 25.7 Å². The molecule has 20 heavy (non-hydrogen) atoms. The monoisotopic (exact) mass is 295 g/mol. The van der Waals surface area contributed by atoms with Crippen LogP contribution < -0.4 is 9.46 Å². The Bertz CT molecular complexity index is 735. The summed E-state index contributed by atoms with van der Waals surface area (Å²) in [7, 11) is -2.11. The number of hydrogen-bond acceptors (Lipinski definition) is 4. The number of anilines is 1. The minimum atomic E-state index is -3.66. The molecule has 7 heteroatoms. The molecule has 0 bridgehead atoms. The maximum Gasteiger partial charge on any atom is 0.263 e. The number of nitrogens with zero attached hydrogens (tertiary/aromatic N) is 1. The summed E-state index contributed by atoms with van der Waals surface area (Å²) in [6, 6.07) is 4.70. The molecule has 0 saturated carbocycles. The quantitative estimate of drug-likeness (QED) is 0.905. The summed E-state index contributed by atoms with van der Waals surface area (Å²) in [5, 5.41) is 6.69. The standard InChI is InChI=1S/C13H17N3O3S/c1-8-7-11(5-6-12(8)19-4)20(17,18)16-13-9(2)10(3)14-15-13/h5-7H,1-4H3,(H2,14,15,16). The number of methoxy groups -OCH3 is 1. The second kappa shape index (κ2) is 5.16. The minimum Gasteiger partial charge on any atom is -0.496 e. The summed E-state index contributed by atoms with van der Waals surface area (Å²) in [5.41, 5.74) is 2.36. The van der Waals surface area contributed by atoms with E-state index >= 15 is 0 Å². The highest BCUT2D eigenvalue weighted by atomic mass is 32.2. The molecule has 0 spiro atoms. The molecule has 0 amide bonds. The van der Waals surface area contributed by atoms with Gasteiger partial charge < -0.3 is 4.74 Å². The molecule has 0 fully saturated rings. The van der Waals surface area contributed by atoms with Crippen LogP contribution in [0.5, 0.6) is 5.75 Å². The van der Waals surface area contributed by atoms with Crippen LogP contribution in [0.1, 0.15) is 16.8 Å². The predicted octanol–water partition coefficient (Wildman–Crippen LogP) is 2.14. The normalized spacial score (nSPS) is 11.4. The van der Waals surface area contributed by atoms with E-state index < -0.39 is 10.0 Å². The molecule has 0 aliphatic carbocycles. The van der Waals surface area contributed by atoms with Crippen molar-refractivity contribution in [1.82, 2.24) is 10.2 Å². The fourth-order valence-electron chi connectivity index (χ4n) is 1.79. The highest BCUT2D eigenvalue weighted by Crippen LogP contribution is 2.24. The number of ether oxygens (including phenoxy) is 1. The first-order chi connectivity index (χ1) is 9.35. The first-order valence-electron chi connectivity index (χ1n) is 6.04. The van der Waals surface area contributed by atoms with Crippen LogP contribution in [0.25, 0.3) is 0 Å². The summed E-state index contributed by atoms with van der Waals surface area (Å²) in [6.07, 6.45) is 0. The highest BCUT2D eigenvalue weighted by molar-refractivity contribution is 7.92. The van der Waals surface area contributed by atoms with Crippen molar-refractivity contribution in [1.29, 1.82) is 0 Å². The van der Waals surface area contributed by atoms with Gasteiger partial charge in [0.1, 0.15) is 5.75 Å². The topological polar surface area (TPSA) is 84.1 Å². The van der Waals surface area contributed by atoms with Gasteiger partial charge >= 0.3 is 0 Å². The Morgan fingerprint density at radius 3 is 2.45 bits per heavy atom. The Balaban J connectivity index is 2.36. The molecule has 1 aromatic heterocycles. The Labute approximate surface area is 118 Å². The zero-order valence-corrected chi connectivity index (χ0v) is 12.6. The summed E-state index contributed by atoms with van der Waals surface area (Å²) >= 11 is 0. The van der Waals surface area contributed by atoms with Gasteiger partial charge in [-0.2, -0.15) is 5.10 Å². The van der Waals surface area contributed by atoms with Crippen molar-refractivity contribution in [3.8, 4) is 5.75 Å². The number of benzene rings is 1. The number of rotatable bonds is 4. The molecule has 0 atom stereocenters. The number of aromatic amines is 1. The van der Waals surface area contributed by atoms with Crippen molar-refractivity contribution in [3.63, 3.8) is 0 Å². The number of aromatic nitrogens is 2. The van der Waals surface area contributed by atoms with Gasteiger partial charge in [0.2, 0.25) is 0 Å². The molecule has 0 unspecified atom stereocenters. The van der Waals surface area contributed by atoms with E-state index in [0.29, 0.717) is 11.6 Å². The lowest BCUT2D eigenvalue weighted by atomic mass is 10.2. The molecule has 108 valence electrons. The van der Waals surface area contributed by atoms with Crippen LogP contribution in [0.3, 0.4) is 0 Å². The maximum absolute atomic E-state index is 12.3. The molecule has 0 aliphatic rings. The first kappa shape index (κ1) is 14.4. The van der Waals surface area contributed by atoms with E-state index in [2.05, 4.69) is 14.9 Å². The van der Waals surface area contributed by atoms with Crippen LogP contribution >= 0.6 is 0 Å². The fourth-order valence-corrected chi connectivity index (χ4v) is 2.94. The smallest absolute Gasteiger partial charge is 0.263 e. The third-order valence-electron chi connectivity index (χ3n) is 3.16. The Hall–Kier alpha value is -2.02. The molecule has 2 aromatic rings. The second-order valence-electron chi connectivity index (χ2n) is 4.56.